The average Bonchev–Trinajstić information content (AvgIpc) is 2.85. The normalized spacial score (nSPS) is 11.9. The van der Waals surface area contributed by atoms with E-state index in [1.165, 1.54) is 0 Å². The van der Waals surface area contributed by atoms with Crippen molar-refractivity contribution >= 4 is 23.3 Å². The van der Waals surface area contributed by atoms with Crippen LogP contribution >= 0.6 is 11.6 Å². The van der Waals surface area contributed by atoms with E-state index in [9.17, 15) is 9.90 Å². The molecular formula is C14H16ClN3O2. The van der Waals surface area contributed by atoms with Gasteiger partial charge in [-0.1, -0.05) is 11.6 Å². The van der Waals surface area contributed by atoms with Crippen molar-refractivity contribution in [1.82, 2.24) is 9.88 Å². The van der Waals surface area contributed by atoms with Gasteiger partial charge in [-0.05, 0) is 36.4 Å². The van der Waals surface area contributed by atoms with Crippen molar-refractivity contribution in [1.29, 1.82) is 0 Å². The summed E-state index contributed by atoms with van der Waals surface area (Å²) in [6, 6.07) is 10.1. The number of benzene rings is 1. The fourth-order valence-corrected chi connectivity index (χ4v) is 1.95. The monoisotopic (exact) mass is 293 g/mol. The molecule has 0 aliphatic rings. The third-order valence-electron chi connectivity index (χ3n) is 2.88. The zero-order valence-electron chi connectivity index (χ0n) is 11.0. The topological polar surface area (TPSA) is 66.3 Å². The Morgan fingerprint density at radius 2 is 2.05 bits per heavy atom. The zero-order chi connectivity index (χ0) is 14.5. The molecule has 0 aliphatic carbocycles. The minimum atomic E-state index is -0.744. The average molecular weight is 294 g/mol. The minimum Gasteiger partial charge on any atom is -0.385 e. The summed E-state index contributed by atoms with van der Waals surface area (Å²) in [5.41, 5.74) is 1.39. The lowest BCUT2D eigenvalue weighted by Gasteiger charge is -2.13. The number of halogens is 1. The predicted octanol–water partition coefficient (Wildman–Crippen LogP) is 2.53. The number of hydrogen-bond donors (Lipinski definition) is 3. The molecule has 20 heavy (non-hydrogen) atoms. The molecule has 1 unspecified atom stereocenters. The van der Waals surface area contributed by atoms with Gasteiger partial charge in [-0.3, -0.25) is 0 Å². The highest BCUT2D eigenvalue weighted by Crippen LogP contribution is 2.14. The molecule has 5 nitrogen and oxygen atoms in total. The Kier molecular flexibility index (Phi) is 4.65. The molecule has 2 rings (SSSR count). The maximum absolute atomic E-state index is 11.7. The second kappa shape index (κ2) is 6.45. The van der Waals surface area contributed by atoms with Gasteiger partial charge in [0.15, 0.2) is 0 Å². The summed E-state index contributed by atoms with van der Waals surface area (Å²) < 4.78 is 1.81. The van der Waals surface area contributed by atoms with Gasteiger partial charge in [-0.15, -0.1) is 0 Å². The van der Waals surface area contributed by atoms with Crippen LogP contribution in [-0.4, -0.2) is 22.2 Å². The number of aromatic nitrogens is 1. The number of hydrogen-bond acceptors (Lipinski definition) is 2. The third-order valence-corrected chi connectivity index (χ3v) is 3.14. The van der Waals surface area contributed by atoms with E-state index >= 15 is 0 Å². The summed E-state index contributed by atoms with van der Waals surface area (Å²) in [4.78, 5) is 11.7. The SMILES string of the molecule is Cn1cccc1C(O)CNC(=O)Nc1ccc(Cl)cc1. The molecular weight excluding hydrogens is 278 g/mol. The molecule has 106 valence electrons. The lowest BCUT2D eigenvalue weighted by Crippen LogP contribution is -2.32. The number of amides is 2. The number of nitrogens with zero attached hydrogens (tertiary/aromatic N) is 1. The van der Waals surface area contributed by atoms with E-state index < -0.39 is 6.10 Å². The van der Waals surface area contributed by atoms with Crippen molar-refractivity contribution in [3.05, 3.63) is 53.3 Å². The summed E-state index contributed by atoms with van der Waals surface area (Å²) in [5, 5.41) is 15.8. The lowest BCUT2D eigenvalue weighted by molar-refractivity contribution is 0.167. The van der Waals surface area contributed by atoms with E-state index in [0.717, 1.165) is 5.69 Å². The van der Waals surface area contributed by atoms with E-state index in [1.54, 1.807) is 24.3 Å². The first-order valence-corrected chi connectivity index (χ1v) is 6.54. The first kappa shape index (κ1) is 14.4. The standard InChI is InChI=1S/C14H16ClN3O2/c1-18-8-2-3-12(18)13(19)9-16-14(20)17-11-6-4-10(15)5-7-11/h2-8,13,19H,9H2,1H3,(H2,16,17,20). The van der Waals surface area contributed by atoms with Crippen LogP contribution in [0.1, 0.15) is 11.8 Å². The van der Waals surface area contributed by atoms with Gasteiger partial charge in [0.05, 0.1) is 6.54 Å². The summed E-state index contributed by atoms with van der Waals surface area (Å²) >= 11 is 5.76. The van der Waals surface area contributed by atoms with E-state index in [0.29, 0.717) is 10.7 Å². The van der Waals surface area contributed by atoms with Crippen LogP contribution in [0.5, 0.6) is 0 Å². The Morgan fingerprint density at radius 3 is 2.65 bits per heavy atom. The van der Waals surface area contributed by atoms with Crippen LogP contribution in [0, 0.1) is 0 Å². The van der Waals surface area contributed by atoms with Crippen molar-refractivity contribution in [2.45, 2.75) is 6.10 Å². The third kappa shape index (κ3) is 3.76. The van der Waals surface area contributed by atoms with E-state index in [1.807, 2.05) is 29.9 Å². The highest BCUT2D eigenvalue weighted by atomic mass is 35.5. The first-order chi connectivity index (χ1) is 9.56. The number of rotatable bonds is 4. The maximum atomic E-state index is 11.7. The van der Waals surface area contributed by atoms with Crippen molar-refractivity contribution in [2.24, 2.45) is 7.05 Å². The molecule has 1 atom stereocenters. The van der Waals surface area contributed by atoms with Crippen molar-refractivity contribution in [2.75, 3.05) is 11.9 Å². The highest BCUT2D eigenvalue weighted by molar-refractivity contribution is 6.30. The van der Waals surface area contributed by atoms with Crippen molar-refractivity contribution < 1.29 is 9.90 Å². The summed E-state index contributed by atoms with van der Waals surface area (Å²) in [6.45, 7) is 0.136. The molecule has 0 bridgehead atoms. The largest absolute Gasteiger partial charge is 0.385 e. The fourth-order valence-electron chi connectivity index (χ4n) is 1.82. The molecule has 0 spiro atoms. The zero-order valence-corrected chi connectivity index (χ0v) is 11.8. The Balaban J connectivity index is 1.83. The molecule has 1 aromatic carbocycles. The van der Waals surface area contributed by atoms with Gasteiger partial charge in [-0.2, -0.15) is 0 Å². The van der Waals surface area contributed by atoms with Gasteiger partial charge < -0.3 is 20.3 Å². The van der Waals surface area contributed by atoms with Crippen LogP contribution in [0.2, 0.25) is 5.02 Å². The summed E-state index contributed by atoms with van der Waals surface area (Å²) in [5.74, 6) is 0. The van der Waals surface area contributed by atoms with Crippen LogP contribution < -0.4 is 10.6 Å². The molecule has 0 saturated carbocycles. The highest BCUT2D eigenvalue weighted by Gasteiger charge is 2.11. The van der Waals surface area contributed by atoms with Crippen LogP contribution in [0.25, 0.3) is 0 Å². The number of carbonyl (C=O) groups is 1. The van der Waals surface area contributed by atoms with Crippen molar-refractivity contribution in [3.63, 3.8) is 0 Å². The van der Waals surface area contributed by atoms with E-state index in [-0.39, 0.29) is 12.6 Å². The Hall–Kier alpha value is -1.98. The van der Waals surface area contributed by atoms with E-state index in [2.05, 4.69) is 10.6 Å². The molecule has 0 fully saturated rings. The Morgan fingerprint density at radius 1 is 1.35 bits per heavy atom. The van der Waals surface area contributed by atoms with Crippen LogP contribution in [0.3, 0.4) is 0 Å². The smallest absolute Gasteiger partial charge is 0.319 e. The van der Waals surface area contributed by atoms with Gasteiger partial charge in [0.1, 0.15) is 6.10 Å². The number of aliphatic hydroxyl groups is 1. The minimum absolute atomic E-state index is 0.136. The Labute approximate surface area is 122 Å². The fraction of sp³-hybridized carbons (Fsp3) is 0.214. The lowest BCUT2D eigenvalue weighted by atomic mass is 10.2. The van der Waals surface area contributed by atoms with Crippen molar-refractivity contribution in [3.8, 4) is 0 Å². The molecule has 1 heterocycles. The quantitative estimate of drug-likeness (QED) is 0.811. The molecule has 1 aromatic heterocycles. The van der Waals surface area contributed by atoms with Gasteiger partial charge in [-0.25, -0.2) is 4.79 Å². The Bertz CT molecular complexity index is 580. The molecule has 0 aliphatic heterocycles. The summed E-state index contributed by atoms with van der Waals surface area (Å²) in [7, 11) is 1.84. The van der Waals surface area contributed by atoms with Gasteiger partial charge in [0, 0.05) is 29.6 Å². The molecule has 0 saturated heterocycles. The second-order valence-corrected chi connectivity index (χ2v) is 4.84. The van der Waals surface area contributed by atoms with Gasteiger partial charge >= 0.3 is 6.03 Å². The molecule has 2 aromatic rings. The molecule has 2 amide bonds. The molecule has 6 heteroatoms. The van der Waals surface area contributed by atoms with E-state index in [4.69, 9.17) is 11.6 Å². The maximum Gasteiger partial charge on any atom is 0.319 e. The number of aryl methyl sites for hydroxylation is 1. The van der Waals surface area contributed by atoms with Crippen LogP contribution in [0.15, 0.2) is 42.6 Å². The van der Waals surface area contributed by atoms with Gasteiger partial charge in [0.2, 0.25) is 0 Å². The number of urea groups is 1. The van der Waals surface area contributed by atoms with Gasteiger partial charge in [0.25, 0.3) is 0 Å². The number of aliphatic hydroxyl groups excluding tert-OH is 1. The first-order valence-electron chi connectivity index (χ1n) is 6.16. The molecule has 3 N–H and O–H groups in total. The number of carbonyl (C=O) groups excluding carboxylic acids is 1. The number of nitrogens with one attached hydrogen (secondary N) is 2. The number of anilines is 1. The van der Waals surface area contributed by atoms with Crippen LogP contribution in [0.4, 0.5) is 10.5 Å². The summed E-state index contributed by atoms with van der Waals surface area (Å²) in [6.07, 6.45) is 1.10. The predicted molar refractivity (Wildman–Crippen MR) is 78.8 cm³/mol. The second-order valence-electron chi connectivity index (χ2n) is 4.40. The molecule has 0 radical (unpaired) electrons. The van der Waals surface area contributed by atoms with Crippen LogP contribution in [-0.2, 0) is 7.05 Å².